The van der Waals surface area contributed by atoms with Crippen LogP contribution in [0.3, 0.4) is 0 Å². The van der Waals surface area contributed by atoms with Gasteiger partial charge in [-0.25, -0.2) is 4.79 Å². The number of rotatable bonds is 12. The Morgan fingerprint density at radius 3 is 2.22 bits per heavy atom. The van der Waals surface area contributed by atoms with Crippen LogP contribution in [0, 0.1) is 5.92 Å². The van der Waals surface area contributed by atoms with Crippen molar-refractivity contribution in [3.05, 3.63) is 77.1 Å². The van der Waals surface area contributed by atoms with Crippen LogP contribution in [0.15, 0.2) is 65.9 Å². The fourth-order valence-corrected chi connectivity index (χ4v) is 5.05. The number of aromatic hydroxyl groups is 3. The number of phenols is 3. The van der Waals surface area contributed by atoms with E-state index in [-0.39, 0.29) is 54.5 Å². The highest BCUT2D eigenvalue weighted by atomic mass is 16.8. The highest BCUT2D eigenvalue weighted by molar-refractivity contribution is 5.91. The maximum atomic E-state index is 13.2. The van der Waals surface area contributed by atoms with Gasteiger partial charge in [-0.2, -0.15) is 0 Å². The van der Waals surface area contributed by atoms with Crippen molar-refractivity contribution in [2.24, 2.45) is 5.92 Å². The first-order chi connectivity index (χ1) is 22.0. The summed E-state index contributed by atoms with van der Waals surface area (Å²) in [6.45, 7) is 0.841. The second kappa shape index (κ2) is 15.9. The molecule has 0 radical (unpaired) electrons. The van der Waals surface area contributed by atoms with E-state index in [0.29, 0.717) is 12.0 Å². The Balaban J connectivity index is 1.48. The average molecular weight is 647 g/mol. The van der Waals surface area contributed by atoms with Crippen LogP contribution in [0.2, 0.25) is 0 Å². The average Bonchev–Trinajstić information content (AvgIpc) is 3.04. The molecule has 4 rings (SSSR count). The topological polar surface area (TPSA) is 222 Å². The molecule has 7 N–H and O–H groups in total. The molecule has 14 heteroatoms. The first-order valence-electron chi connectivity index (χ1n) is 14.6. The van der Waals surface area contributed by atoms with Crippen LogP contribution in [0.25, 0.3) is 0 Å². The van der Waals surface area contributed by atoms with Gasteiger partial charge in [0, 0.05) is 24.3 Å². The summed E-state index contributed by atoms with van der Waals surface area (Å²) >= 11 is 0. The molecule has 0 aromatic heterocycles. The molecule has 2 aromatic rings. The molecule has 14 nitrogen and oxygen atoms in total. The number of carbonyl (C=O) groups excluding carboxylic acids is 2. The van der Waals surface area contributed by atoms with Gasteiger partial charge in [0.05, 0.1) is 38.1 Å². The van der Waals surface area contributed by atoms with Crippen molar-refractivity contribution in [3.63, 3.8) is 0 Å². The van der Waals surface area contributed by atoms with Crippen LogP contribution >= 0.6 is 0 Å². The van der Waals surface area contributed by atoms with Gasteiger partial charge in [-0.1, -0.05) is 24.3 Å². The van der Waals surface area contributed by atoms with Crippen LogP contribution in [0.4, 0.5) is 0 Å². The van der Waals surface area contributed by atoms with Gasteiger partial charge in [-0.05, 0) is 42.3 Å². The molecule has 46 heavy (non-hydrogen) atoms. The minimum atomic E-state index is -1.72. The first kappa shape index (κ1) is 34.7. The molecule has 0 bridgehead atoms. The van der Waals surface area contributed by atoms with Gasteiger partial charge in [0.15, 0.2) is 17.8 Å². The lowest BCUT2D eigenvalue weighted by atomic mass is 9.86. The number of carbonyl (C=O) groups is 2. The van der Waals surface area contributed by atoms with Gasteiger partial charge >= 0.3 is 11.9 Å². The number of ether oxygens (including phenoxy) is 5. The van der Waals surface area contributed by atoms with E-state index in [4.69, 9.17) is 23.7 Å². The number of aliphatic hydroxyl groups is 4. The zero-order valence-corrected chi connectivity index (χ0v) is 25.0. The van der Waals surface area contributed by atoms with Crippen molar-refractivity contribution in [1.29, 1.82) is 0 Å². The minimum absolute atomic E-state index is 0.0196. The largest absolute Gasteiger partial charge is 0.508 e. The Morgan fingerprint density at radius 2 is 1.54 bits per heavy atom. The summed E-state index contributed by atoms with van der Waals surface area (Å²) in [7, 11) is 0. The molecule has 1 saturated heterocycles. The molecule has 2 heterocycles. The molecule has 0 saturated carbocycles. The second-order valence-corrected chi connectivity index (χ2v) is 10.8. The first-order valence-corrected chi connectivity index (χ1v) is 14.6. The molecule has 2 aromatic carbocycles. The van der Waals surface area contributed by atoms with Crippen LogP contribution in [-0.4, -0.2) is 105 Å². The molecule has 7 unspecified atom stereocenters. The summed E-state index contributed by atoms with van der Waals surface area (Å²) in [5, 5.41) is 69.0. The molecular weight excluding hydrogens is 608 g/mol. The molecule has 2 aliphatic rings. The lowest BCUT2D eigenvalue weighted by molar-refractivity contribution is -0.327. The minimum Gasteiger partial charge on any atom is -0.508 e. The van der Waals surface area contributed by atoms with Gasteiger partial charge < -0.3 is 59.4 Å². The molecule has 250 valence electrons. The fraction of sp³-hybridized carbons (Fsp3) is 0.438. The Kier molecular flexibility index (Phi) is 12.0. The number of hydrogen-bond donors (Lipinski definition) is 7. The SMILES string of the molecule is CC=C1C(OC2OC(CO)C(O)C(O)C2O)OC=C(C(=O)OCCc2ccc(O)c(O)c2)C1CC(=O)OCCc1ccc(O)cc1. The zero-order chi connectivity index (χ0) is 33.4. The monoisotopic (exact) mass is 646 g/mol. The van der Waals surface area contributed by atoms with Crippen molar-refractivity contribution in [2.75, 3.05) is 19.8 Å². The van der Waals surface area contributed by atoms with E-state index in [9.17, 15) is 45.3 Å². The number of aliphatic hydroxyl groups excluding tert-OH is 4. The summed E-state index contributed by atoms with van der Waals surface area (Å²) in [4.78, 5) is 26.3. The number of phenolic OH excluding ortho intramolecular Hbond substituents is 3. The normalized spacial score (nSPS) is 27.0. The Morgan fingerprint density at radius 1 is 0.870 bits per heavy atom. The van der Waals surface area contributed by atoms with E-state index >= 15 is 0 Å². The van der Waals surface area contributed by atoms with Crippen molar-refractivity contribution < 1.29 is 69.0 Å². The van der Waals surface area contributed by atoms with E-state index in [2.05, 4.69) is 0 Å². The smallest absolute Gasteiger partial charge is 0.337 e. The van der Waals surface area contributed by atoms with E-state index in [1.54, 1.807) is 31.2 Å². The second-order valence-electron chi connectivity index (χ2n) is 10.8. The number of esters is 2. The molecule has 7 atom stereocenters. The molecule has 1 fully saturated rings. The summed E-state index contributed by atoms with van der Waals surface area (Å²) in [6, 6.07) is 10.6. The molecule has 0 aliphatic carbocycles. The van der Waals surface area contributed by atoms with Crippen LogP contribution < -0.4 is 0 Å². The van der Waals surface area contributed by atoms with Crippen molar-refractivity contribution >= 4 is 11.9 Å². The number of hydrogen-bond acceptors (Lipinski definition) is 14. The lowest BCUT2D eigenvalue weighted by Crippen LogP contribution is -2.60. The van der Waals surface area contributed by atoms with Crippen LogP contribution in [0.1, 0.15) is 24.5 Å². The Labute approximate surface area is 264 Å². The quantitative estimate of drug-likeness (QED) is 0.0958. The van der Waals surface area contributed by atoms with Gasteiger partial charge in [-0.3, -0.25) is 4.79 Å². The van der Waals surface area contributed by atoms with Crippen LogP contribution in [0.5, 0.6) is 17.2 Å². The molecule has 0 amide bonds. The van der Waals surface area contributed by atoms with E-state index < -0.39 is 61.5 Å². The molecule has 0 spiro atoms. The van der Waals surface area contributed by atoms with Crippen molar-refractivity contribution in [3.8, 4) is 17.2 Å². The van der Waals surface area contributed by atoms with Gasteiger partial charge in [0.1, 0.15) is 30.2 Å². The highest BCUT2D eigenvalue weighted by Gasteiger charge is 2.47. The maximum absolute atomic E-state index is 13.2. The third-order valence-corrected chi connectivity index (χ3v) is 7.67. The van der Waals surface area contributed by atoms with Crippen molar-refractivity contribution in [2.45, 2.75) is 63.2 Å². The number of allylic oxidation sites excluding steroid dienone is 1. The standard InChI is InChI=1S/C32H38O14/c1-2-20-21(14-26(37)42-11-9-17-3-6-19(34)7-4-17)22(30(41)43-12-10-18-5-8-23(35)24(36)13-18)16-44-31(20)46-32-29(40)28(39)27(38)25(15-33)45-32/h2-8,13,16,21,25,27-29,31-36,38-40H,9-12,14-15H2,1H3. The number of benzene rings is 2. The third-order valence-electron chi connectivity index (χ3n) is 7.67. The Hall–Kier alpha value is -4.18. The Bertz CT molecular complexity index is 1400. The van der Waals surface area contributed by atoms with E-state index in [1.807, 2.05) is 0 Å². The lowest BCUT2D eigenvalue weighted by Gasteiger charge is -2.42. The predicted molar refractivity (Wildman–Crippen MR) is 157 cm³/mol. The summed E-state index contributed by atoms with van der Waals surface area (Å²) < 4.78 is 27.8. The summed E-state index contributed by atoms with van der Waals surface area (Å²) in [6.07, 6.45) is -6.31. The maximum Gasteiger partial charge on any atom is 0.337 e. The highest BCUT2D eigenvalue weighted by Crippen LogP contribution is 2.36. The van der Waals surface area contributed by atoms with Gasteiger partial charge in [0.25, 0.3) is 0 Å². The summed E-state index contributed by atoms with van der Waals surface area (Å²) in [5.41, 5.74) is 1.65. The van der Waals surface area contributed by atoms with Gasteiger partial charge in [-0.15, -0.1) is 0 Å². The fourth-order valence-electron chi connectivity index (χ4n) is 5.05. The van der Waals surface area contributed by atoms with Crippen LogP contribution in [-0.2, 0) is 46.1 Å². The molecule has 2 aliphatic heterocycles. The van der Waals surface area contributed by atoms with Gasteiger partial charge in [0.2, 0.25) is 6.29 Å². The molecular formula is C32H38O14. The predicted octanol–water partition coefficient (Wildman–Crippen LogP) is 0.684. The van der Waals surface area contributed by atoms with E-state index in [0.717, 1.165) is 11.8 Å². The van der Waals surface area contributed by atoms with E-state index in [1.165, 1.54) is 24.3 Å². The summed E-state index contributed by atoms with van der Waals surface area (Å²) in [5.74, 6) is -2.95. The van der Waals surface area contributed by atoms with Crippen molar-refractivity contribution in [1.82, 2.24) is 0 Å². The zero-order valence-electron chi connectivity index (χ0n) is 25.0. The third kappa shape index (κ3) is 8.54.